The van der Waals surface area contributed by atoms with Gasteiger partial charge in [0.05, 0.1) is 11.9 Å². The summed E-state index contributed by atoms with van der Waals surface area (Å²) in [7, 11) is 0. The van der Waals surface area contributed by atoms with Crippen molar-refractivity contribution >= 4 is 11.6 Å². The van der Waals surface area contributed by atoms with Gasteiger partial charge in [-0.05, 0) is 29.3 Å². The van der Waals surface area contributed by atoms with Gasteiger partial charge >= 0.3 is 0 Å². The van der Waals surface area contributed by atoms with Gasteiger partial charge in [-0.15, -0.1) is 0 Å². The zero-order valence-corrected chi connectivity index (χ0v) is 19.3. The summed E-state index contributed by atoms with van der Waals surface area (Å²) in [5.74, 6) is 1.01. The molecular weight excluding hydrogens is 458 g/mol. The molecule has 0 unspecified atom stereocenters. The molecular formula is C28H23N3O5. The summed E-state index contributed by atoms with van der Waals surface area (Å²) in [6.07, 6.45) is 4.91. The molecule has 5 rings (SSSR count). The summed E-state index contributed by atoms with van der Waals surface area (Å²) < 4.78 is 16.5. The van der Waals surface area contributed by atoms with Crippen molar-refractivity contribution < 1.29 is 14.2 Å². The second-order valence-corrected chi connectivity index (χ2v) is 8.09. The van der Waals surface area contributed by atoms with Crippen LogP contribution in [0.15, 0.2) is 101 Å². The predicted molar refractivity (Wildman–Crippen MR) is 134 cm³/mol. The lowest BCUT2D eigenvalue weighted by Crippen LogP contribution is -2.48. The van der Waals surface area contributed by atoms with Crippen LogP contribution in [0.1, 0.15) is 16.8 Å². The van der Waals surface area contributed by atoms with Gasteiger partial charge in [-0.3, -0.25) is 14.6 Å². The first kappa shape index (κ1) is 22.9. The second kappa shape index (κ2) is 10.6. The normalized spacial score (nSPS) is 14.0. The summed E-state index contributed by atoms with van der Waals surface area (Å²) >= 11 is 0. The van der Waals surface area contributed by atoms with Crippen LogP contribution in [-0.2, 0) is 22.5 Å². The van der Waals surface area contributed by atoms with E-state index in [-0.39, 0.29) is 17.5 Å². The average molecular weight is 482 g/mol. The van der Waals surface area contributed by atoms with E-state index in [0.717, 1.165) is 11.1 Å². The van der Waals surface area contributed by atoms with Gasteiger partial charge in [0, 0.05) is 12.0 Å². The zero-order valence-electron chi connectivity index (χ0n) is 19.3. The third kappa shape index (κ3) is 5.44. The van der Waals surface area contributed by atoms with Crippen molar-refractivity contribution in [1.29, 1.82) is 0 Å². The molecule has 0 amide bonds. The fraction of sp³-hybridized carbons (Fsp3) is 0.107. The summed E-state index contributed by atoms with van der Waals surface area (Å²) in [4.78, 5) is 35.6. The molecule has 2 aromatic carbocycles. The Kier molecular flexibility index (Phi) is 6.75. The van der Waals surface area contributed by atoms with Gasteiger partial charge in [-0.25, -0.2) is 0 Å². The summed E-state index contributed by atoms with van der Waals surface area (Å²) in [6.45, 7) is 0.478. The molecule has 36 heavy (non-hydrogen) atoms. The van der Waals surface area contributed by atoms with Crippen molar-refractivity contribution in [3.05, 3.63) is 139 Å². The number of hydrogen-bond donors (Lipinski definition) is 2. The molecule has 0 saturated carbocycles. The Morgan fingerprint density at radius 1 is 0.917 bits per heavy atom. The number of H-pyrrole nitrogens is 2. The van der Waals surface area contributed by atoms with Gasteiger partial charge in [0.1, 0.15) is 29.3 Å². The minimum Gasteiger partial charge on any atom is -0.487 e. The summed E-state index contributed by atoms with van der Waals surface area (Å²) in [6, 6.07) is 22.9. The molecule has 0 bridgehead atoms. The standard InChI is InChI=1S/C28H23N3O5/c32-27-24(14-21-11-12-22(15-29-21)35-16-20-9-5-2-6-10-20)30-28(33)26(31-27)23(25-17-34-18-36-25)13-19-7-3-1-4-8-19/h1-12,14-15,17H,13,16,18H2,(H,30,33)(H,31,32). The molecule has 2 aromatic heterocycles. The van der Waals surface area contributed by atoms with E-state index in [9.17, 15) is 9.59 Å². The first-order valence-corrected chi connectivity index (χ1v) is 11.3. The highest BCUT2D eigenvalue weighted by Crippen LogP contribution is 2.20. The number of aromatic amines is 2. The van der Waals surface area contributed by atoms with Gasteiger partial charge in [-0.1, -0.05) is 60.7 Å². The van der Waals surface area contributed by atoms with Gasteiger partial charge in [-0.2, -0.15) is 0 Å². The molecule has 0 saturated heterocycles. The quantitative estimate of drug-likeness (QED) is 0.419. The van der Waals surface area contributed by atoms with Gasteiger partial charge < -0.3 is 24.2 Å². The van der Waals surface area contributed by atoms with Gasteiger partial charge in [0.2, 0.25) is 6.79 Å². The number of allylic oxidation sites excluding steroid dienone is 1. The molecule has 3 heterocycles. The van der Waals surface area contributed by atoms with E-state index in [1.807, 2.05) is 60.7 Å². The van der Waals surface area contributed by atoms with Crippen LogP contribution in [0.25, 0.3) is 11.6 Å². The number of ether oxygens (including phenoxy) is 3. The molecule has 0 aliphatic carbocycles. The number of benzene rings is 2. The van der Waals surface area contributed by atoms with Crippen LogP contribution in [0.5, 0.6) is 5.75 Å². The number of hydrogen-bond acceptors (Lipinski definition) is 6. The van der Waals surface area contributed by atoms with Crippen molar-refractivity contribution in [1.82, 2.24) is 15.0 Å². The Balaban J connectivity index is 1.45. The maximum Gasteiger partial charge on any atom is 0.272 e. The molecule has 1 aliphatic heterocycles. The number of nitrogens with one attached hydrogen (secondary N) is 2. The topological polar surface area (TPSA) is 106 Å². The molecule has 0 spiro atoms. The van der Waals surface area contributed by atoms with Gasteiger partial charge in [0.15, 0.2) is 5.76 Å². The van der Waals surface area contributed by atoms with Crippen molar-refractivity contribution in [3.8, 4) is 5.75 Å². The fourth-order valence-corrected chi connectivity index (χ4v) is 3.74. The highest BCUT2D eigenvalue weighted by Gasteiger charge is 2.16. The molecule has 1 aliphatic rings. The first-order chi connectivity index (χ1) is 17.7. The Hall–Kier alpha value is -4.85. The molecule has 0 fully saturated rings. The number of aromatic nitrogens is 3. The fourth-order valence-electron chi connectivity index (χ4n) is 3.74. The van der Waals surface area contributed by atoms with E-state index < -0.39 is 11.1 Å². The molecule has 2 N–H and O–H groups in total. The lowest BCUT2D eigenvalue weighted by atomic mass is 10.0. The van der Waals surface area contributed by atoms with E-state index in [1.165, 1.54) is 12.3 Å². The van der Waals surface area contributed by atoms with E-state index in [1.54, 1.807) is 18.3 Å². The van der Waals surface area contributed by atoms with Crippen LogP contribution < -0.4 is 26.6 Å². The Labute approximate surface area is 205 Å². The van der Waals surface area contributed by atoms with Crippen molar-refractivity contribution in [2.45, 2.75) is 13.0 Å². The molecule has 8 nitrogen and oxygen atoms in total. The Morgan fingerprint density at radius 3 is 2.33 bits per heavy atom. The van der Waals surface area contributed by atoms with Crippen LogP contribution in [0.4, 0.5) is 0 Å². The summed E-state index contributed by atoms with van der Waals surface area (Å²) in [5, 5.41) is 0.209. The number of pyridine rings is 1. The molecule has 8 heteroatoms. The van der Waals surface area contributed by atoms with Crippen LogP contribution in [0.3, 0.4) is 0 Å². The number of rotatable bonds is 7. The monoisotopic (exact) mass is 481 g/mol. The largest absolute Gasteiger partial charge is 0.487 e. The second-order valence-electron chi connectivity index (χ2n) is 8.09. The molecule has 0 atom stereocenters. The van der Waals surface area contributed by atoms with Crippen molar-refractivity contribution in [2.75, 3.05) is 6.79 Å². The first-order valence-electron chi connectivity index (χ1n) is 11.3. The average Bonchev–Trinajstić information content (AvgIpc) is 3.45. The van der Waals surface area contributed by atoms with Crippen LogP contribution >= 0.6 is 0 Å². The smallest absolute Gasteiger partial charge is 0.272 e. The van der Waals surface area contributed by atoms with E-state index in [2.05, 4.69) is 15.0 Å². The van der Waals surface area contributed by atoms with Crippen LogP contribution in [-0.4, -0.2) is 21.7 Å². The minimum atomic E-state index is -0.458. The van der Waals surface area contributed by atoms with Crippen molar-refractivity contribution in [3.63, 3.8) is 0 Å². The Morgan fingerprint density at radius 2 is 1.67 bits per heavy atom. The third-order valence-corrected chi connectivity index (χ3v) is 5.55. The zero-order chi connectivity index (χ0) is 24.7. The van der Waals surface area contributed by atoms with E-state index in [4.69, 9.17) is 14.2 Å². The maximum atomic E-state index is 13.0. The Bertz CT molecular complexity index is 1610. The highest BCUT2D eigenvalue weighted by molar-refractivity contribution is 5.62. The molecule has 180 valence electrons. The van der Waals surface area contributed by atoms with E-state index >= 15 is 0 Å². The summed E-state index contributed by atoms with van der Waals surface area (Å²) in [5.41, 5.74) is 2.12. The van der Waals surface area contributed by atoms with Crippen LogP contribution in [0, 0.1) is 0 Å². The highest BCUT2D eigenvalue weighted by atomic mass is 16.7. The van der Waals surface area contributed by atoms with E-state index in [0.29, 0.717) is 35.8 Å². The van der Waals surface area contributed by atoms with Gasteiger partial charge in [0.25, 0.3) is 11.1 Å². The lowest BCUT2D eigenvalue weighted by molar-refractivity contribution is 0.0851. The minimum absolute atomic E-state index is 0.0539. The number of nitrogens with zero attached hydrogens (tertiary/aromatic N) is 1. The SMILES string of the molecule is O=c1[nH]c(=C(Cc2ccccc2)C2=COCO2)c(=O)[nH]c1=Cc1ccc(OCc2ccccc2)cn1. The lowest BCUT2D eigenvalue weighted by Gasteiger charge is -2.07. The predicted octanol–water partition coefficient (Wildman–Crippen LogP) is 2.11. The van der Waals surface area contributed by atoms with Crippen LogP contribution in [0.2, 0.25) is 0 Å². The molecule has 4 aromatic rings. The molecule has 0 radical (unpaired) electrons. The maximum absolute atomic E-state index is 13.0. The third-order valence-electron chi connectivity index (χ3n) is 5.55. The van der Waals surface area contributed by atoms with Crippen molar-refractivity contribution in [2.24, 2.45) is 0 Å².